The van der Waals surface area contributed by atoms with Gasteiger partial charge in [-0.3, -0.25) is 9.59 Å². The normalized spacial score (nSPS) is 16.0. The van der Waals surface area contributed by atoms with Crippen molar-refractivity contribution in [3.8, 4) is 0 Å². The molecule has 0 saturated carbocycles. The number of nitrogens with zero attached hydrogens (tertiary/aromatic N) is 1. The zero-order chi connectivity index (χ0) is 20.2. The number of unbranched alkanes of at least 4 members (excludes halogenated alkanes) is 2. The standard InChI is InChI=1S/C23H37N3O2/c1-2-9-21(25-22(27)12-7-4-8-15-24)23(28)26-16-13-20(14-17-26)18-19-10-5-3-6-11-19/h3,5-6,10-11,20-21H,2,4,7-9,12-18,24H2,1H3,(H,25,27). The summed E-state index contributed by atoms with van der Waals surface area (Å²) in [5.74, 6) is 0.714. The van der Waals surface area contributed by atoms with Gasteiger partial charge in [0.25, 0.3) is 0 Å². The Kier molecular flexibility index (Phi) is 10.0. The van der Waals surface area contributed by atoms with Gasteiger partial charge in [-0.1, -0.05) is 50.1 Å². The van der Waals surface area contributed by atoms with E-state index in [0.717, 1.165) is 58.0 Å². The molecule has 1 fully saturated rings. The molecule has 2 amide bonds. The van der Waals surface area contributed by atoms with Crippen molar-refractivity contribution in [1.29, 1.82) is 0 Å². The molecule has 5 heteroatoms. The van der Waals surface area contributed by atoms with E-state index >= 15 is 0 Å². The Labute approximate surface area is 170 Å². The molecule has 1 saturated heterocycles. The zero-order valence-electron chi connectivity index (χ0n) is 17.4. The van der Waals surface area contributed by atoms with Crippen LogP contribution in [0.2, 0.25) is 0 Å². The van der Waals surface area contributed by atoms with Crippen molar-refractivity contribution in [2.24, 2.45) is 11.7 Å². The summed E-state index contributed by atoms with van der Waals surface area (Å²) in [6.07, 6.45) is 7.97. The first-order valence-electron chi connectivity index (χ1n) is 11.0. The maximum absolute atomic E-state index is 13.0. The highest BCUT2D eigenvalue weighted by atomic mass is 16.2. The largest absolute Gasteiger partial charge is 0.344 e. The first-order chi connectivity index (χ1) is 13.6. The molecule has 0 aliphatic carbocycles. The molecule has 1 unspecified atom stereocenters. The molecule has 0 aromatic heterocycles. The molecule has 0 spiro atoms. The topological polar surface area (TPSA) is 75.4 Å². The Balaban J connectivity index is 1.78. The lowest BCUT2D eigenvalue weighted by molar-refractivity contribution is -0.137. The molecule has 28 heavy (non-hydrogen) atoms. The van der Waals surface area contributed by atoms with Gasteiger partial charge < -0.3 is 16.0 Å². The van der Waals surface area contributed by atoms with Gasteiger partial charge in [0.1, 0.15) is 6.04 Å². The van der Waals surface area contributed by atoms with Crippen molar-refractivity contribution >= 4 is 11.8 Å². The van der Waals surface area contributed by atoms with E-state index in [4.69, 9.17) is 5.73 Å². The van der Waals surface area contributed by atoms with Gasteiger partial charge in [0.05, 0.1) is 0 Å². The molecule has 1 heterocycles. The minimum Gasteiger partial charge on any atom is -0.344 e. The van der Waals surface area contributed by atoms with Crippen LogP contribution in [0.4, 0.5) is 0 Å². The number of likely N-dealkylation sites (tertiary alicyclic amines) is 1. The highest BCUT2D eigenvalue weighted by Gasteiger charge is 2.28. The summed E-state index contributed by atoms with van der Waals surface area (Å²) in [6, 6.07) is 10.2. The molecule has 0 bridgehead atoms. The van der Waals surface area contributed by atoms with Gasteiger partial charge in [0, 0.05) is 19.5 Å². The van der Waals surface area contributed by atoms with Crippen LogP contribution in [0.25, 0.3) is 0 Å². The second-order valence-electron chi connectivity index (χ2n) is 7.97. The summed E-state index contributed by atoms with van der Waals surface area (Å²) < 4.78 is 0. The summed E-state index contributed by atoms with van der Waals surface area (Å²) in [5, 5.41) is 2.98. The summed E-state index contributed by atoms with van der Waals surface area (Å²) in [4.78, 5) is 27.1. The van der Waals surface area contributed by atoms with Crippen molar-refractivity contribution in [3.05, 3.63) is 35.9 Å². The van der Waals surface area contributed by atoms with Crippen LogP contribution in [0.15, 0.2) is 30.3 Å². The third-order valence-corrected chi connectivity index (χ3v) is 5.61. The molecule has 2 rings (SSSR count). The highest BCUT2D eigenvalue weighted by Crippen LogP contribution is 2.22. The SMILES string of the molecule is CCCC(NC(=O)CCCCCN)C(=O)N1CCC(Cc2ccccc2)CC1. The number of carbonyl (C=O) groups is 2. The number of rotatable bonds is 11. The number of hydrogen-bond donors (Lipinski definition) is 2. The van der Waals surface area contributed by atoms with E-state index in [2.05, 4.69) is 36.5 Å². The minimum atomic E-state index is -0.377. The lowest BCUT2D eigenvalue weighted by atomic mass is 9.90. The monoisotopic (exact) mass is 387 g/mol. The maximum atomic E-state index is 13.0. The summed E-state index contributed by atoms with van der Waals surface area (Å²) >= 11 is 0. The second-order valence-corrected chi connectivity index (χ2v) is 7.97. The van der Waals surface area contributed by atoms with Crippen LogP contribution in [0, 0.1) is 5.92 Å². The fraction of sp³-hybridized carbons (Fsp3) is 0.652. The van der Waals surface area contributed by atoms with E-state index in [1.807, 2.05) is 11.0 Å². The molecule has 1 aliphatic rings. The Morgan fingerprint density at radius 1 is 1.14 bits per heavy atom. The maximum Gasteiger partial charge on any atom is 0.245 e. The fourth-order valence-corrected chi connectivity index (χ4v) is 3.94. The number of piperidine rings is 1. The van der Waals surface area contributed by atoms with Crippen LogP contribution in [-0.2, 0) is 16.0 Å². The number of carbonyl (C=O) groups excluding carboxylic acids is 2. The van der Waals surface area contributed by atoms with Crippen molar-refractivity contribution in [3.63, 3.8) is 0 Å². The van der Waals surface area contributed by atoms with E-state index < -0.39 is 0 Å². The van der Waals surface area contributed by atoms with Crippen LogP contribution in [-0.4, -0.2) is 42.4 Å². The minimum absolute atomic E-state index is 0.0113. The fourth-order valence-electron chi connectivity index (χ4n) is 3.94. The summed E-state index contributed by atoms with van der Waals surface area (Å²) in [5.41, 5.74) is 6.86. The van der Waals surface area contributed by atoms with Crippen molar-refractivity contribution in [1.82, 2.24) is 10.2 Å². The Morgan fingerprint density at radius 3 is 2.50 bits per heavy atom. The highest BCUT2D eigenvalue weighted by molar-refractivity contribution is 5.87. The van der Waals surface area contributed by atoms with Crippen molar-refractivity contribution in [2.75, 3.05) is 19.6 Å². The number of nitrogens with two attached hydrogens (primary N) is 1. The molecule has 1 aromatic rings. The Morgan fingerprint density at radius 2 is 1.86 bits per heavy atom. The average Bonchev–Trinajstić information content (AvgIpc) is 2.72. The lowest BCUT2D eigenvalue weighted by Gasteiger charge is -2.34. The molecular formula is C23H37N3O2. The number of nitrogens with one attached hydrogen (secondary N) is 1. The van der Waals surface area contributed by atoms with Crippen LogP contribution >= 0.6 is 0 Å². The van der Waals surface area contributed by atoms with Gasteiger partial charge in [-0.2, -0.15) is 0 Å². The summed E-state index contributed by atoms with van der Waals surface area (Å²) in [7, 11) is 0. The first-order valence-corrected chi connectivity index (χ1v) is 11.0. The summed E-state index contributed by atoms with van der Waals surface area (Å²) in [6.45, 7) is 4.31. The van der Waals surface area contributed by atoms with E-state index in [9.17, 15) is 9.59 Å². The smallest absolute Gasteiger partial charge is 0.245 e. The van der Waals surface area contributed by atoms with Crippen LogP contribution in [0.3, 0.4) is 0 Å². The Hall–Kier alpha value is -1.88. The van der Waals surface area contributed by atoms with Gasteiger partial charge in [-0.25, -0.2) is 0 Å². The second kappa shape index (κ2) is 12.6. The first kappa shape index (κ1) is 22.4. The van der Waals surface area contributed by atoms with Gasteiger partial charge in [0.15, 0.2) is 0 Å². The van der Waals surface area contributed by atoms with Gasteiger partial charge >= 0.3 is 0 Å². The molecule has 0 radical (unpaired) electrons. The van der Waals surface area contributed by atoms with Crippen LogP contribution < -0.4 is 11.1 Å². The van der Waals surface area contributed by atoms with E-state index in [-0.39, 0.29) is 17.9 Å². The lowest BCUT2D eigenvalue weighted by Crippen LogP contribution is -2.50. The third kappa shape index (κ3) is 7.63. The van der Waals surface area contributed by atoms with Crippen molar-refractivity contribution < 1.29 is 9.59 Å². The van der Waals surface area contributed by atoms with Crippen LogP contribution in [0.1, 0.15) is 63.9 Å². The molecule has 156 valence electrons. The van der Waals surface area contributed by atoms with Crippen LogP contribution in [0.5, 0.6) is 0 Å². The number of hydrogen-bond acceptors (Lipinski definition) is 3. The van der Waals surface area contributed by atoms with E-state index in [0.29, 0.717) is 25.3 Å². The van der Waals surface area contributed by atoms with Gasteiger partial charge in [0.2, 0.25) is 11.8 Å². The number of benzene rings is 1. The molecule has 5 nitrogen and oxygen atoms in total. The molecule has 1 atom stereocenters. The zero-order valence-corrected chi connectivity index (χ0v) is 17.4. The van der Waals surface area contributed by atoms with Gasteiger partial charge in [-0.15, -0.1) is 0 Å². The molecule has 3 N–H and O–H groups in total. The average molecular weight is 388 g/mol. The third-order valence-electron chi connectivity index (χ3n) is 5.61. The predicted molar refractivity (Wildman–Crippen MR) is 114 cm³/mol. The van der Waals surface area contributed by atoms with Crippen molar-refractivity contribution in [2.45, 2.75) is 70.8 Å². The number of amides is 2. The predicted octanol–water partition coefficient (Wildman–Crippen LogP) is 3.27. The van der Waals surface area contributed by atoms with E-state index in [1.54, 1.807) is 0 Å². The van der Waals surface area contributed by atoms with E-state index in [1.165, 1.54) is 5.56 Å². The molecule has 1 aromatic carbocycles. The molecular weight excluding hydrogens is 350 g/mol. The Bertz CT molecular complexity index is 583. The quantitative estimate of drug-likeness (QED) is 0.572. The van der Waals surface area contributed by atoms with Gasteiger partial charge in [-0.05, 0) is 56.6 Å². The molecule has 1 aliphatic heterocycles.